The van der Waals surface area contributed by atoms with Gasteiger partial charge in [0.2, 0.25) is 11.8 Å². The van der Waals surface area contributed by atoms with Gasteiger partial charge in [0.25, 0.3) is 0 Å². The van der Waals surface area contributed by atoms with E-state index in [1.807, 2.05) is 13.8 Å². The molecule has 0 bridgehead atoms. The average Bonchev–Trinajstić information content (AvgIpc) is 2.75. The van der Waals surface area contributed by atoms with Crippen LogP contribution in [-0.4, -0.2) is 47.9 Å². The van der Waals surface area contributed by atoms with Crippen LogP contribution < -0.4 is 10.6 Å². The lowest BCUT2D eigenvalue weighted by Gasteiger charge is -2.34. The lowest BCUT2D eigenvalue weighted by atomic mass is 9.97. The summed E-state index contributed by atoms with van der Waals surface area (Å²) in [6, 6.07) is 0.368. The Labute approximate surface area is 121 Å². The Balaban J connectivity index is 1.98. The van der Waals surface area contributed by atoms with Crippen molar-refractivity contribution in [2.24, 2.45) is 5.92 Å². The number of rotatable bonds is 4. The van der Waals surface area contributed by atoms with E-state index < -0.39 is 0 Å². The van der Waals surface area contributed by atoms with Gasteiger partial charge in [-0.2, -0.15) is 0 Å². The fourth-order valence-electron chi connectivity index (χ4n) is 3.32. The third-order valence-electron chi connectivity index (χ3n) is 4.32. The molecule has 2 aliphatic heterocycles. The first-order valence-electron chi connectivity index (χ1n) is 7.82. The number of piperidine rings is 1. The van der Waals surface area contributed by atoms with E-state index in [9.17, 15) is 9.59 Å². The van der Waals surface area contributed by atoms with Gasteiger partial charge in [0.1, 0.15) is 6.04 Å². The third-order valence-corrected chi connectivity index (χ3v) is 4.32. The second-order valence-corrected chi connectivity index (χ2v) is 6.46. The Morgan fingerprint density at radius 2 is 2.20 bits per heavy atom. The Hall–Kier alpha value is -1.10. The molecule has 0 aromatic carbocycles. The standard InChI is InChI=1S/C15H27N3O2/c1-10(2)14(18-8-4-5-13(18)19)15(20)17-12-6-7-16-11(3)9-12/h10-12,14,16H,4-9H2,1-3H3,(H,17,20). The molecular formula is C15H27N3O2. The van der Waals surface area contributed by atoms with Crippen molar-refractivity contribution < 1.29 is 9.59 Å². The van der Waals surface area contributed by atoms with Crippen LogP contribution in [0.25, 0.3) is 0 Å². The normalized spacial score (nSPS) is 28.8. The van der Waals surface area contributed by atoms with Crippen molar-refractivity contribution >= 4 is 11.8 Å². The molecule has 3 atom stereocenters. The van der Waals surface area contributed by atoms with Gasteiger partial charge in [-0.1, -0.05) is 13.8 Å². The topological polar surface area (TPSA) is 61.4 Å². The van der Waals surface area contributed by atoms with Crippen LogP contribution in [0.15, 0.2) is 0 Å². The lowest BCUT2D eigenvalue weighted by Crippen LogP contribution is -2.55. The van der Waals surface area contributed by atoms with Gasteiger partial charge in [-0.25, -0.2) is 0 Å². The fraction of sp³-hybridized carbons (Fsp3) is 0.867. The van der Waals surface area contributed by atoms with Gasteiger partial charge in [-0.05, 0) is 38.6 Å². The Bertz CT molecular complexity index is 370. The molecule has 0 aliphatic carbocycles. The van der Waals surface area contributed by atoms with E-state index in [0.29, 0.717) is 12.5 Å². The van der Waals surface area contributed by atoms with E-state index in [2.05, 4.69) is 17.6 Å². The molecule has 0 spiro atoms. The van der Waals surface area contributed by atoms with E-state index in [-0.39, 0.29) is 29.8 Å². The average molecular weight is 281 g/mol. The first-order chi connectivity index (χ1) is 9.49. The summed E-state index contributed by atoms with van der Waals surface area (Å²) in [6.45, 7) is 7.84. The van der Waals surface area contributed by atoms with Crippen LogP contribution >= 0.6 is 0 Å². The smallest absolute Gasteiger partial charge is 0.243 e. The first kappa shape index (κ1) is 15.3. The molecule has 2 saturated heterocycles. The predicted octanol–water partition coefficient (Wildman–Crippen LogP) is 0.890. The predicted molar refractivity (Wildman–Crippen MR) is 78.2 cm³/mol. The van der Waals surface area contributed by atoms with Crippen LogP contribution in [0.5, 0.6) is 0 Å². The molecule has 0 saturated carbocycles. The molecule has 2 amide bonds. The van der Waals surface area contributed by atoms with Crippen molar-refractivity contribution in [2.75, 3.05) is 13.1 Å². The summed E-state index contributed by atoms with van der Waals surface area (Å²) < 4.78 is 0. The molecule has 0 radical (unpaired) electrons. The highest BCUT2D eigenvalue weighted by atomic mass is 16.2. The quantitative estimate of drug-likeness (QED) is 0.804. The first-order valence-corrected chi connectivity index (χ1v) is 7.82. The molecule has 5 heteroatoms. The molecule has 0 aromatic rings. The van der Waals surface area contributed by atoms with Crippen molar-refractivity contribution in [3.63, 3.8) is 0 Å². The number of nitrogens with one attached hydrogen (secondary N) is 2. The molecule has 2 N–H and O–H groups in total. The third kappa shape index (κ3) is 3.51. The lowest BCUT2D eigenvalue weighted by molar-refractivity contribution is -0.139. The molecule has 2 aliphatic rings. The molecule has 5 nitrogen and oxygen atoms in total. The van der Waals surface area contributed by atoms with E-state index in [1.54, 1.807) is 4.90 Å². The summed E-state index contributed by atoms with van der Waals surface area (Å²) in [5.74, 6) is 0.295. The minimum atomic E-state index is -0.310. The largest absolute Gasteiger partial charge is 0.351 e. The number of carbonyl (C=O) groups is 2. The SMILES string of the molecule is CC1CC(NC(=O)C(C(C)C)N2CCCC2=O)CCN1. The van der Waals surface area contributed by atoms with Gasteiger partial charge in [-0.3, -0.25) is 9.59 Å². The number of nitrogens with zero attached hydrogens (tertiary/aromatic N) is 1. The zero-order valence-corrected chi connectivity index (χ0v) is 12.8. The maximum absolute atomic E-state index is 12.6. The molecule has 2 fully saturated rings. The van der Waals surface area contributed by atoms with E-state index >= 15 is 0 Å². The van der Waals surface area contributed by atoms with Crippen LogP contribution in [0, 0.1) is 5.92 Å². The molecule has 3 unspecified atom stereocenters. The van der Waals surface area contributed by atoms with Crippen molar-refractivity contribution in [3.05, 3.63) is 0 Å². The maximum atomic E-state index is 12.6. The Morgan fingerprint density at radius 1 is 1.45 bits per heavy atom. The summed E-state index contributed by atoms with van der Waals surface area (Å²) >= 11 is 0. The zero-order valence-electron chi connectivity index (χ0n) is 12.8. The van der Waals surface area contributed by atoms with Crippen molar-refractivity contribution in [3.8, 4) is 0 Å². The van der Waals surface area contributed by atoms with Crippen LogP contribution in [0.1, 0.15) is 46.5 Å². The molecule has 0 aromatic heterocycles. The summed E-state index contributed by atoms with van der Waals surface area (Å²) in [5, 5.41) is 6.54. The van der Waals surface area contributed by atoms with Gasteiger partial charge < -0.3 is 15.5 Å². The second-order valence-electron chi connectivity index (χ2n) is 6.46. The van der Waals surface area contributed by atoms with Crippen molar-refractivity contribution in [2.45, 2.75) is 64.6 Å². The van der Waals surface area contributed by atoms with Crippen LogP contribution in [0.3, 0.4) is 0 Å². The minimum Gasteiger partial charge on any atom is -0.351 e. The van der Waals surface area contributed by atoms with Gasteiger partial charge in [0, 0.05) is 25.0 Å². The number of amides is 2. The molecule has 114 valence electrons. The number of likely N-dealkylation sites (tertiary alicyclic amines) is 1. The maximum Gasteiger partial charge on any atom is 0.243 e. The van der Waals surface area contributed by atoms with Gasteiger partial charge >= 0.3 is 0 Å². The molecule has 2 rings (SSSR count). The van der Waals surface area contributed by atoms with E-state index in [1.165, 1.54) is 0 Å². The summed E-state index contributed by atoms with van der Waals surface area (Å²) in [6.07, 6.45) is 3.39. The van der Waals surface area contributed by atoms with Gasteiger partial charge in [-0.15, -0.1) is 0 Å². The summed E-state index contributed by atoms with van der Waals surface area (Å²) in [7, 11) is 0. The van der Waals surface area contributed by atoms with Crippen LogP contribution in [-0.2, 0) is 9.59 Å². The monoisotopic (exact) mass is 281 g/mol. The minimum absolute atomic E-state index is 0.0225. The van der Waals surface area contributed by atoms with Crippen molar-refractivity contribution in [1.29, 1.82) is 0 Å². The van der Waals surface area contributed by atoms with E-state index in [4.69, 9.17) is 0 Å². The molecule has 20 heavy (non-hydrogen) atoms. The van der Waals surface area contributed by atoms with Crippen LogP contribution in [0.4, 0.5) is 0 Å². The summed E-state index contributed by atoms with van der Waals surface area (Å²) in [5.41, 5.74) is 0. The van der Waals surface area contributed by atoms with Crippen molar-refractivity contribution in [1.82, 2.24) is 15.5 Å². The summed E-state index contributed by atoms with van der Waals surface area (Å²) in [4.78, 5) is 26.2. The molecular weight excluding hydrogens is 254 g/mol. The fourth-order valence-corrected chi connectivity index (χ4v) is 3.32. The van der Waals surface area contributed by atoms with Gasteiger partial charge in [0.15, 0.2) is 0 Å². The number of carbonyl (C=O) groups excluding carboxylic acids is 2. The van der Waals surface area contributed by atoms with Crippen LogP contribution in [0.2, 0.25) is 0 Å². The highest BCUT2D eigenvalue weighted by molar-refractivity contribution is 5.89. The number of hydrogen-bond donors (Lipinski definition) is 2. The molecule has 2 heterocycles. The zero-order chi connectivity index (χ0) is 14.7. The number of hydrogen-bond acceptors (Lipinski definition) is 3. The highest BCUT2D eigenvalue weighted by Crippen LogP contribution is 2.20. The van der Waals surface area contributed by atoms with E-state index in [0.717, 1.165) is 32.4 Å². The second kappa shape index (κ2) is 6.57. The Morgan fingerprint density at radius 3 is 2.75 bits per heavy atom. The highest BCUT2D eigenvalue weighted by Gasteiger charge is 2.35. The van der Waals surface area contributed by atoms with Gasteiger partial charge in [0.05, 0.1) is 0 Å². The Kier molecular flexibility index (Phi) is 5.02.